The van der Waals surface area contributed by atoms with Crippen LogP contribution in [-0.4, -0.2) is 18.0 Å². The highest BCUT2D eigenvalue weighted by molar-refractivity contribution is 6.05. The summed E-state index contributed by atoms with van der Waals surface area (Å²) in [6.07, 6.45) is 4.21. The van der Waals surface area contributed by atoms with Crippen LogP contribution >= 0.6 is 0 Å². The number of halogens is 1. The average Bonchev–Trinajstić information content (AvgIpc) is 3.22. The van der Waals surface area contributed by atoms with Crippen molar-refractivity contribution < 1.29 is 18.4 Å². The molecule has 1 aromatic heterocycles. The average molecular weight is 377 g/mol. The fourth-order valence-electron chi connectivity index (χ4n) is 2.23. The number of hydrazone groups is 1. The van der Waals surface area contributed by atoms with Crippen LogP contribution in [0.5, 0.6) is 0 Å². The fraction of sp³-hybridized carbons (Fsp3) is 0. The second kappa shape index (κ2) is 9.09. The minimum atomic E-state index is -0.640. The molecule has 3 rings (SSSR count). The molecule has 0 bridgehead atoms. The lowest BCUT2D eigenvalue weighted by Gasteiger charge is -2.08. The number of rotatable bonds is 6. The number of nitrogens with one attached hydrogen (secondary N) is 2. The third-order valence-corrected chi connectivity index (χ3v) is 3.61. The van der Waals surface area contributed by atoms with Crippen molar-refractivity contribution in [2.45, 2.75) is 0 Å². The zero-order valence-corrected chi connectivity index (χ0v) is 14.6. The van der Waals surface area contributed by atoms with Gasteiger partial charge in [0.25, 0.3) is 11.8 Å². The number of amides is 2. The number of furan rings is 1. The highest BCUT2D eigenvalue weighted by Crippen LogP contribution is 2.08. The molecule has 0 saturated carbocycles. The summed E-state index contributed by atoms with van der Waals surface area (Å²) < 4.78 is 18.1. The summed E-state index contributed by atoms with van der Waals surface area (Å²) in [6.45, 7) is 0. The van der Waals surface area contributed by atoms with Crippen molar-refractivity contribution in [1.29, 1.82) is 0 Å². The summed E-state index contributed by atoms with van der Waals surface area (Å²) in [5.41, 5.74) is 3.29. The molecule has 6 nitrogen and oxygen atoms in total. The third kappa shape index (κ3) is 5.25. The van der Waals surface area contributed by atoms with Gasteiger partial charge in [-0.05, 0) is 42.0 Å². The van der Waals surface area contributed by atoms with Crippen LogP contribution in [0.3, 0.4) is 0 Å². The molecule has 28 heavy (non-hydrogen) atoms. The van der Waals surface area contributed by atoms with Gasteiger partial charge in [-0.15, -0.1) is 0 Å². The van der Waals surface area contributed by atoms with Gasteiger partial charge in [-0.1, -0.05) is 30.3 Å². The maximum Gasteiger partial charge on any atom is 0.288 e. The monoisotopic (exact) mass is 377 g/mol. The van der Waals surface area contributed by atoms with Crippen molar-refractivity contribution in [3.05, 3.63) is 101 Å². The number of carbonyl (C=O) groups excluding carboxylic acids is 2. The molecule has 3 aromatic rings. The lowest BCUT2D eigenvalue weighted by molar-refractivity contribution is -0.117. The Labute approximate surface area is 160 Å². The minimum Gasteiger partial charge on any atom is -0.465 e. The number of hydrogen-bond donors (Lipinski definition) is 2. The molecule has 2 aromatic carbocycles. The highest BCUT2D eigenvalue weighted by atomic mass is 19.1. The number of nitrogens with zero attached hydrogens (tertiary/aromatic N) is 1. The molecule has 0 atom stereocenters. The predicted octanol–water partition coefficient (Wildman–Crippen LogP) is 3.34. The zero-order chi connectivity index (χ0) is 19.8. The summed E-state index contributed by atoms with van der Waals surface area (Å²) in [4.78, 5) is 24.8. The van der Waals surface area contributed by atoms with E-state index in [1.54, 1.807) is 42.5 Å². The topological polar surface area (TPSA) is 83.7 Å². The highest BCUT2D eigenvalue weighted by Gasteiger charge is 2.14. The summed E-state index contributed by atoms with van der Waals surface area (Å²) >= 11 is 0. The van der Waals surface area contributed by atoms with E-state index >= 15 is 0 Å². The van der Waals surface area contributed by atoms with Crippen LogP contribution in [0.2, 0.25) is 0 Å². The first-order valence-electron chi connectivity index (χ1n) is 8.32. The standard InChI is InChI=1S/C21H16FN3O3/c22-17-10-8-15(9-11-17)14-23-25-21(27)19(13-18-7-4-12-28-18)24-20(26)16-5-2-1-3-6-16/h1-14H,(H,24,26)(H,25,27)/b19-13+,23-14+. The Morgan fingerprint density at radius 3 is 2.39 bits per heavy atom. The molecular weight excluding hydrogens is 361 g/mol. The van der Waals surface area contributed by atoms with Crippen LogP contribution in [0.1, 0.15) is 21.7 Å². The first-order chi connectivity index (χ1) is 13.6. The lowest BCUT2D eigenvalue weighted by atomic mass is 10.2. The number of hydrogen-bond acceptors (Lipinski definition) is 4. The van der Waals surface area contributed by atoms with Gasteiger partial charge < -0.3 is 9.73 Å². The molecule has 140 valence electrons. The maximum absolute atomic E-state index is 12.9. The van der Waals surface area contributed by atoms with Gasteiger partial charge >= 0.3 is 0 Å². The molecule has 0 saturated heterocycles. The van der Waals surface area contributed by atoms with E-state index in [1.165, 1.54) is 42.8 Å². The van der Waals surface area contributed by atoms with Crippen LogP contribution < -0.4 is 10.7 Å². The maximum atomic E-state index is 12.9. The fourth-order valence-corrected chi connectivity index (χ4v) is 2.23. The van der Waals surface area contributed by atoms with E-state index in [1.807, 2.05) is 0 Å². The summed E-state index contributed by atoms with van der Waals surface area (Å²) in [5.74, 6) is -1.07. The Morgan fingerprint density at radius 2 is 1.71 bits per heavy atom. The van der Waals surface area contributed by atoms with Crippen molar-refractivity contribution >= 4 is 24.1 Å². The van der Waals surface area contributed by atoms with E-state index in [-0.39, 0.29) is 11.5 Å². The van der Waals surface area contributed by atoms with Crippen LogP contribution in [0.15, 0.2) is 88.2 Å². The van der Waals surface area contributed by atoms with E-state index in [9.17, 15) is 14.0 Å². The van der Waals surface area contributed by atoms with Gasteiger partial charge in [0, 0.05) is 11.6 Å². The van der Waals surface area contributed by atoms with Gasteiger partial charge in [0.05, 0.1) is 12.5 Å². The molecule has 0 spiro atoms. The molecule has 1 heterocycles. The molecule has 2 amide bonds. The second-order valence-corrected chi connectivity index (χ2v) is 5.64. The van der Waals surface area contributed by atoms with Gasteiger partial charge in [-0.25, -0.2) is 9.82 Å². The first-order valence-corrected chi connectivity index (χ1v) is 8.32. The van der Waals surface area contributed by atoms with Crippen molar-refractivity contribution in [2.75, 3.05) is 0 Å². The number of carbonyl (C=O) groups is 2. The summed E-state index contributed by atoms with van der Waals surface area (Å²) in [5, 5.41) is 6.39. The largest absolute Gasteiger partial charge is 0.465 e. The van der Waals surface area contributed by atoms with Crippen LogP contribution in [0.4, 0.5) is 4.39 Å². The summed E-state index contributed by atoms with van der Waals surface area (Å²) in [6, 6.07) is 17.4. The quantitative estimate of drug-likeness (QED) is 0.393. The molecule has 0 unspecified atom stereocenters. The normalized spacial score (nSPS) is 11.4. The predicted molar refractivity (Wildman–Crippen MR) is 103 cm³/mol. The Bertz CT molecular complexity index is 995. The first kappa shape index (κ1) is 18.8. The Kier molecular flexibility index (Phi) is 6.10. The molecule has 0 radical (unpaired) electrons. The van der Waals surface area contributed by atoms with E-state index in [0.717, 1.165) is 0 Å². The van der Waals surface area contributed by atoms with E-state index in [4.69, 9.17) is 4.42 Å². The van der Waals surface area contributed by atoms with Crippen LogP contribution in [-0.2, 0) is 4.79 Å². The van der Waals surface area contributed by atoms with Crippen molar-refractivity contribution in [2.24, 2.45) is 5.10 Å². The lowest BCUT2D eigenvalue weighted by Crippen LogP contribution is -2.32. The van der Waals surface area contributed by atoms with Crippen molar-refractivity contribution in [1.82, 2.24) is 10.7 Å². The summed E-state index contributed by atoms with van der Waals surface area (Å²) in [7, 11) is 0. The molecular formula is C21H16FN3O3. The molecule has 0 aliphatic rings. The molecule has 0 aliphatic carbocycles. The second-order valence-electron chi connectivity index (χ2n) is 5.64. The smallest absolute Gasteiger partial charge is 0.288 e. The van der Waals surface area contributed by atoms with Crippen LogP contribution in [0.25, 0.3) is 6.08 Å². The molecule has 2 N–H and O–H groups in total. The Hall–Kier alpha value is -4.00. The Morgan fingerprint density at radius 1 is 0.964 bits per heavy atom. The molecule has 7 heteroatoms. The van der Waals surface area contributed by atoms with Gasteiger partial charge in [0.15, 0.2) is 0 Å². The van der Waals surface area contributed by atoms with E-state index < -0.39 is 11.8 Å². The van der Waals surface area contributed by atoms with Gasteiger partial charge in [-0.3, -0.25) is 9.59 Å². The van der Waals surface area contributed by atoms with E-state index in [2.05, 4.69) is 15.8 Å². The van der Waals surface area contributed by atoms with Gasteiger partial charge in [0.1, 0.15) is 17.3 Å². The van der Waals surface area contributed by atoms with Crippen molar-refractivity contribution in [3.8, 4) is 0 Å². The minimum absolute atomic E-state index is 0.0416. The molecule has 0 aliphatic heterocycles. The van der Waals surface area contributed by atoms with Gasteiger partial charge in [0.2, 0.25) is 0 Å². The van der Waals surface area contributed by atoms with Crippen molar-refractivity contribution in [3.63, 3.8) is 0 Å². The van der Waals surface area contributed by atoms with Gasteiger partial charge in [-0.2, -0.15) is 5.10 Å². The molecule has 0 fully saturated rings. The Balaban J connectivity index is 1.73. The third-order valence-electron chi connectivity index (χ3n) is 3.61. The SMILES string of the molecule is O=C(N/N=C/c1ccc(F)cc1)/C(=C\c1ccco1)NC(=O)c1ccccc1. The van der Waals surface area contributed by atoms with E-state index in [0.29, 0.717) is 16.9 Å². The number of benzene rings is 2. The zero-order valence-electron chi connectivity index (χ0n) is 14.6. The van der Waals surface area contributed by atoms with Crippen LogP contribution in [0, 0.1) is 5.82 Å².